The van der Waals surface area contributed by atoms with Crippen molar-refractivity contribution in [1.82, 2.24) is 34.8 Å². The molecule has 0 saturated carbocycles. The number of likely N-dealkylation sites (tertiary alicyclic amines) is 1. The van der Waals surface area contributed by atoms with E-state index >= 15 is 0 Å². The molecule has 4 aromatic rings. The Balaban J connectivity index is 0.880. The van der Waals surface area contributed by atoms with E-state index in [0.29, 0.717) is 39.4 Å². The van der Waals surface area contributed by atoms with Crippen LogP contribution < -0.4 is 9.80 Å². The first kappa shape index (κ1) is 29.3. The van der Waals surface area contributed by atoms with Crippen molar-refractivity contribution in [3.8, 4) is 11.4 Å². The van der Waals surface area contributed by atoms with Crippen molar-refractivity contribution in [2.75, 3.05) is 75.4 Å². The molecule has 1 amide bonds. The Hall–Kier alpha value is -4.10. The molecule has 2 atom stereocenters. The number of anilines is 2. The van der Waals surface area contributed by atoms with E-state index in [1.165, 1.54) is 11.1 Å². The summed E-state index contributed by atoms with van der Waals surface area (Å²) < 4.78 is 7.23. The highest BCUT2D eigenvalue weighted by Gasteiger charge is 2.51. The molecular formula is C34H41N9O3. The maximum Gasteiger partial charge on any atom is 0.234 e. The topological polar surface area (TPSA) is 119 Å². The summed E-state index contributed by atoms with van der Waals surface area (Å²) in [4.78, 5) is 26.9. The van der Waals surface area contributed by atoms with Gasteiger partial charge in [0.05, 0.1) is 24.1 Å². The number of aryl methyl sites for hydroxylation is 1. The van der Waals surface area contributed by atoms with Crippen LogP contribution in [0.5, 0.6) is 0 Å². The van der Waals surface area contributed by atoms with Crippen LogP contribution in [0.3, 0.4) is 0 Å². The number of carbonyl (C=O) groups excluding carboxylic acids is 1. The maximum atomic E-state index is 14.0. The van der Waals surface area contributed by atoms with Crippen LogP contribution in [0.25, 0.3) is 27.9 Å². The number of rotatable bonds is 7. The fourth-order valence-electron chi connectivity index (χ4n) is 7.60. The van der Waals surface area contributed by atoms with Crippen LogP contribution in [0.1, 0.15) is 24.8 Å². The molecule has 3 saturated heterocycles. The van der Waals surface area contributed by atoms with E-state index in [1.807, 2.05) is 24.1 Å². The first-order chi connectivity index (χ1) is 22.5. The van der Waals surface area contributed by atoms with Gasteiger partial charge in [0.15, 0.2) is 11.6 Å². The summed E-state index contributed by atoms with van der Waals surface area (Å²) in [6.45, 7) is 7.30. The van der Waals surface area contributed by atoms with Crippen molar-refractivity contribution < 1.29 is 14.6 Å². The minimum absolute atomic E-state index is 0.204. The maximum absolute atomic E-state index is 14.0. The van der Waals surface area contributed by atoms with Crippen molar-refractivity contribution in [2.45, 2.75) is 25.5 Å². The van der Waals surface area contributed by atoms with Crippen molar-refractivity contribution in [1.29, 1.82) is 0 Å². The number of fused-ring (bicyclic) bond motifs is 1. The fraction of sp³-hybridized carbons (Fsp3) is 0.471. The molecule has 3 fully saturated rings. The summed E-state index contributed by atoms with van der Waals surface area (Å²) in [7, 11) is 1.87. The van der Waals surface area contributed by atoms with Crippen molar-refractivity contribution in [3.63, 3.8) is 0 Å². The lowest BCUT2D eigenvalue weighted by Crippen LogP contribution is -2.46. The van der Waals surface area contributed by atoms with Crippen LogP contribution in [-0.4, -0.2) is 118 Å². The van der Waals surface area contributed by atoms with Crippen LogP contribution in [0.4, 0.5) is 11.5 Å². The molecule has 6 heterocycles. The summed E-state index contributed by atoms with van der Waals surface area (Å²) in [6, 6.07) is 14.6. The van der Waals surface area contributed by atoms with Crippen LogP contribution in [0.15, 0.2) is 54.9 Å². The summed E-state index contributed by atoms with van der Waals surface area (Å²) in [6.07, 6.45) is 5.91. The second-order valence-electron chi connectivity index (χ2n) is 13.1. The highest BCUT2D eigenvalue weighted by Crippen LogP contribution is 2.43. The number of nitrogens with one attached hydrogen (secondary N) is 1. The van der Waals surface area contributed by atoms with Gasteiger partial charge in [-0.2, -0.15) is 10.2 Å². The van der Waals surface area contributed by atoms with E-state index in [2.05, 4.69) is 71.4 Å². The number of β-amino-alcohol motifs (C(OH)–C–C–N with tert-alkyl or cyclic N) is 1. The Bertz CT molecular complexity index is 1760. The number of benzene rings is 2. The third-order valence-electron chi connectivity index (χ3n) is 10.3. The number of amides is 1. The number of aromatic nitrogens is 5. The fourth-order valence-corrected chi connectivity index (χ4v) is 7.60. The Morgan fingerprint density at radius 2 is 1.83 bits per heavy atom. The summed E-state index contributed by atoms with van der Waals surface area (Å²) in [5, 5.41) is 24.4. The zero-order valence-electron chi connectivity index (χ0n) is 26.3. The molecule has 2 aromatic carbocycles. The van der Waals surface area contributed by atoms with Gasteiger partial charge in [-0.15, -0.1) is 0 Å². The van der Waals surface area contributed by atoms with Gasteiger partial charge in [0.1, 0.15) is 12.6 Å². The van der Waals surface area contributed by atoms with Gasteiger partial charge in [0.2, 0.25) is 5.91 Å². The molecule has 46 heavy (non-hydrogen) atoms. The highest BCUT2D eigenvalue weighted by molar-refractivity contribution is 6.03. The van der Waals surface area contributed by atoms with Crippen molar-refractivity contribution in [2.24, 2.45) is 12.5 Å². The molecule has 2 N–H and O–H groups in total. The molecule has 4 aliphatic heterocycles. The predicted molar refractivity (Wildman–Crippen MR) is 176 cm³/mol. The highest BCUT2D eigenvalue weighted by atomic mass is 16.5. The Kier molecular flexibility index (Phi) is 7.60. The standard InChI is InChI=1S/C34H41N9O3/c1-39-23-35-31(38-39)26-4-2-24(3-5-26)25-8-12-41(13-9-25)30(44)21-40-14-10-34(22-40)11-15-43(33(34)45)27-6-7-29-28(20-27)32(37-36-29)42-16-18-46-19-17-42/h2-8,20,23,30,44H,9-19,21-22H2,1H3,(H,36,37)/t30?,34-/m0/s1. The third-order valence-corrected chi connectivity index (χ3v) is 10.3. The number of hydrogen-bond acceptors (Lipinski definition) is 9. The summed E-state index contributed by atoms with van der Waals surface area (Å²) >= 11 is 0. The van der Waals surface area contributed by atoms with Crippen LogP contribution >= 0.6 is 0 Å². The minimum Gasteiger partial charge on any atom is -0.378 e. The van der Waals surface area contributed by atoms with Gasteiger partial charge < -0.3 is 19.6 Å². The van der Waals surface area contributed by atoms with Gasteiger partial charge >= 0.3 is 0 Å². The molecule has 12 heteroatoms. The van der Waals surface area contributed by atoms with E-state index < -0.39 is 6.23 Å². The van der Waals surface area contributed by atoms with Gasteiger partial charge in [-0.05, 0) is 55.1 Å². The number of aliphatic hydroxyl groups excluding tert-OH is 1. The van der Waals surface area contributed by atoms with Gasteiger partial charge in [0.25, 0.3) is 0 Å². The number of aliphatic hydroxyl groups is 1. The Morgan fingerprint density at radius 1 is 1.02 bits per heavy atom. The molecule has 0 radical (unpaired) electrons. The predicted octanol–water partition coefficient (Wildman–Crippen LogP) is 2.73. The Morgan fingerprint density at radius 3 is 2.59 bits per heavy atom. The average Bonchev–Trinajstić information content (AvgIpc) is 3.89. The van der Waals surface area contributed by atoms with Crippen molar-refractivity contribution in [3.05, 3.63) is 60.4 Å². The summed E-state index contributed by atoms with van der Waals surface area (Å²) in [5.41, 5.74) is 5.02. The lowest BCUT2D eigenvalue weighted by Gasteiger charge is -2.33. The zero-order valence-corrected chi connectivity index (χ0v) is 26.3. The Labute approximate surface area is 268 Å². The molecule has 0 aliphatic carbocycles. The second kappa shape index (κ2) is 11.9. The van der Waals surface area contributed by atoms with Gasteiger partial charge in [-0.25, -0.2) is 4.98 Å². The van der Waals surface area contributed by atoms with E-state index in [-0.39, 0.29) is 11.3 Å². The zero-order chi connectivity index (χ0) is 31.3. The second-order valence-corrected chi connectivity index (χ2v) is 13.1. The smallest absolute Gasteiger partial charge is 0.234 e. The monoisotopic (exact) mass is 623 g/mol. The molecule has 8 rings (SSSR count). The van der Waals surface area contributed by atoms with Gasteiger partial charge in [-0.3, -0.25) is 24.4 Å². The number of carbonyl (C=O) groups is 1. The van der Waals surface area contributed by atoms with E-state index in [4.69, 9.17) is 4.74 Å². The normalized spacial score (nSPS) is 23.6. The van der Waals surface area contributed by atoms with Crippen LogP contribution in [-0.2, 0) is 16.6 Å². The number of nitrogens with zero attached hydrogens (tertiary/aromatic N) is 8. The van der Waals surface area contributed by atoms with Gasteiger partial charge in [-0.1, -0.05) is 30.3 Å². The van der Waals surface area contributed by atoms with E-state index in [0.717, 1.165) is 79.2 Å². The number of ether oxygens (including phenoxy) is 1. The van der Waals surface area contributed by atoms with Crippen LogP contribution in [0.2, 0.25) is 0 Å². The number of aromatic amines is 1. The molecule has 2 aromatic heterocycles. The van der Waals surface area contributed by atoms with Crippen LogP contribution in [0, 0.1) is 5.41 Å². The van der Waals surface area contributed by atoms with E-state index in [1.54, 1.807) is 11.0 Å². The lowest BCUT2D eigenvalue weighted by molar-refractivity contribution is -0.125. The first-order valence-electron chi connectivity index (χ1n) is 16.4. The van der Waals surface area contributed by atoms with E-state index in [9.17, 15) is 9.90 Å². The SMILES string of the molecule is Cn1cnc(-c2ccc(C3=CCN(C(O)CN4CC[C@]5(CCN(c6ccc7[nH]nc(N8CCOCC8)c7c6)C5=O)C4)CC3)cc2)n1. The first-order valence-corrected chi connectivity index (χ1v) is 16.4. The summed E-state index contributed by atoms with van der Waals surface area (Å²) in [5.74, 6) is 1.86. The molecule has 1 unspecified atom stereocenters. The van der Waals surface area contributed by atoms with Crippen molar-refractivity contribution >= 4 is 33.9 Å². The molecule has 12 nitrogen and oxygen atoms in total. The lowest BCUT2D eigenvalue weighted by atomic mass is 9.85. The number of H-pyrrole nitrogens is 1. The minimum atomic E-state index is -0.569. The number of morpholine rings is 1. The number of hydrogen-bond donors (Lipinski definition) is 2. The third kappa shape index (κ3) is 5.38. The largest absolute Gasteiger partial charge is 0.378 e. The average molecular weight is 624 g/mol. The molecular weight excluding hydrogens is 582 g/mol. The molecule has 0 bridgehead atoms. The molecule has 240 valence electrons. The molecule has 1 spiro atoms. The molecule has 4 aliphatic rings. The quantitative estimate of drug-likeness (QED) is 0.320. The van der Waals surface area contributed by atoms with Gasteiger partial charge in [0, 0.05) is 69.5 Å².